The largest absolute Gasteiger partial charge is 0.376 e. The van der Waals surface area contributed by atoms with Crippen LogP contribution in [0.25, 0.3) is 0 Å². The van der Waals surface area contributed by atoms with Crippen molar-refractivity contribution in [2.75, 3.05) is 19.7 Å². The zero-order valence-electron chi connectivity index (χ0n) is 15.5. The Morgan fingerprint density at radius 3 is 2.28 bits per heavy atom. The minimum absolute atomic E-state index is 0.00226. The first-order chi connectivity index (χ1) is 12.0. The van der Waals surface area contributed by atoms with E-state index < -0.39 is 0 Å². The van der Waals surface area contributed by atoms with Crippen LogP contribution in [0.15, 0.2) is 0 Å². The lowest BCUT2D eigenvalue weighted by Gasteiger charge is -2.56. The van der Waals surface area contributed by atoms with Gasteiger partial charge in [-0.2, -0.15) is 0 Å². The summed E-state index contributed by atoms with van der Waals surface area (Å²) < 4.78 is 5.64. The van der Waals surface area contributed by atoms with Gasteiger partial charge in [0.1, 0.15) is 6.42 Å². The number of ether oxygens (including phenoxy) is 1. The van der Waals surface area contributed by atoms with Crippen molar-refractivity contribution in [1.29, 1.82) is 0 Å². The SMILES string of the molecule is CCN(C[C@H]1CCCO1)C(=O)CC(=O)NC12CC3CC(CC(C3)C1)C2. The quantitative estimate of drug-likeness (QED) is 0.750. The molecule has 1 aliphatic heterocycles. The molecule has 4 aliphatic carbocycles. The van der Waals surface area contributed by atoms with Gasteiger partial charge in [0.05, 0.1) is 6.10 Å². The predicted octanol–water partition coefficient (Wildman–Crippen LogP) is 2.49. The molecular weight excluding hydrogens is 316 g/mol. The molecule has 1 saturated heterocycles. The van der Waals surface area contributed by atoms with E-state index >= 15 is 0 Å². The van der Waals surface area contributed by atoms with E-state index in [0.717, 1.165) is 56.5 Å². The zero-order chi connectivity index (χ0) is 17.4. The molecule has 0 aromatic carbocycles. The van der Waals surface area contributed by atoms with E-state index in [4.69, 9.17) is 4.74 Å². The predicted molar refractivity (Wildman–Crippen MR) is 94.9 cm³/mol. The second-order valence-electron chi connectivity index (χ2n) is 8.99. The minimum atomic E-state index is -0.0715. The molecule has 0 unspecified atom stereocenters. The Kier molecular flexibility index (Phi) is 4.78. The van der Waals surface area contributed by atoms with Crippen LogP contribution in [0, 0.1) is 17.8 Å². The summed E-state index contributed by atoms with van der Waals surface area (Å²) in [6, 6.07) is 0. The topological polar surface area (TPSA) is 58.6 Å². The highest BCUT2D eigenvalue weighted by Gasteiger charge is 2.51. The maximum absolute atomic E-state index is 12.6. The molecule has 5 fully saturated rings. The molecule has 1 heterocycles. The summed E-state index contributed by atoms with van der Waals surface area (Å²) in [7, 11) is 0. The molecule has 5 nitrogen and oxygen atoms in total. The highest BCUT2D eigenvalue weighted by Crippen LogP contribution is 2.55. The number of carbonyl (C=O) groups is 2. The van der Waals surface area contributed by atoms with Crippen LogP contribution in [0.5, 0.6) is 0 Å². The van der Waals surface area contributed by atoms with Gasteiger partial charge in [-0.25, -0.2) is 0 Å². The maximum Gasteiger partial charge on any atom is 0.232 e. The third-order valence-corrected chi connectivity index (χ3v) is 6.94. The van der Waals surface area contributed by atoms with Crippen molar-refractivity contribution in [2.24, 2.45) is 17.8 Å². The van der Waals surface area contributed by atoms with E-state index in [1.807, 2.05) is 6.92 Å². The molecule has 4 bridgehead atoms. The third kappa shape index (κ3) is 3.71. The van der Waals surface area contributed by atoms with Gasteiger partial charge in [-0.3, -0.25) is 9.59 Å². The second kappa shape index (κ2) is 6.90. The van der Waals surface area contributed by atoms with Gasteiger partial charge in [0.15, 0.2) is 0 Å². The van der Waals surface area contributed by atoms with E-state index in [1.54, 1.807) is 4.90 Å². The lowest BCUT2D eigenvalue weighted by Crippen LogP contribution is -2.60. The molecule has 1 atom stereocenters. The Balaban J connectivity index is 1.31. The van der Waals surface area contributed by atoms with Crippen molar-refractivity contribution in [2.45, 2.75) is 76.4 Å². The molecule has 1 N–H and O–H groups in total. The summed E-state index contributed by atoms with van der Waals surface area (Å²) in [5.41, 5.74) is -0.00226. The van der Waals surface area contributed by atoms with Crippen LogP contribution in [-0.2, 0) is 14.3 Å². The lowest BCUT2D eigenvalue weighted by molar-refractivity contribution is -0.139. The molecule has 0 spiro atoms. The first-order valence-corrected chi connectivity index (χ1v) is 10.3. The number of nitrogens with zero attached hydrogens (tertiary/aromatic N) is 1. The van der Waals surface area contributed by atoms with Crippen molar-refractivity contribution in [1.82, 2.24) is 10.2 Å². The molecule has 5 rings (SSSR count). The summed E-state index contributed by atoms with van der Waals surface area (Å²) >= 11 is 0. The Morgan fingerprint density at radius 2 is 1.76 bits per heavy atom. The summed E-state index contributed by atoms with van der Waals surface area (Å²) in [6.45, 7) is 4.04. The van der Waals surface area contributed by atoms with Crippen LogP contribution in [0.2, 0.25) is 0 Å². The number of hydrogen-bond acceptors (Lipinski definition) is 3. The van der Waals surface area contributed by atoms with Gasteiger partial charge in [0, 0.05) is 25.2 Å². The highest BCUT2D eigenvalue weighted by atomic mass is 16.5. The monoisotopic (exact) mass is 348 g/mol. The average Bonchev–Trinajstić information content (AvgIpc) is 3.03. The fourth-order valence-corrected chi connectivity index (χ4v) is 6.29. The molecule has 0 radical (unpaired) electrons. The average molecular weight is 348 g/mol. The van der Waals surface area contributed by atoms with Crippen LogP contribution in [0.3, 0.4) is 0 Å². The normalized spacial score (nSPS) is 38.8. The minimum Gasteiger partial charge on any atom is -0.376 e. The van der Waals surface area contributed by atoms with Crippen molar-refractivity contribution >= 4 is 11.8 Å². The number of carbonyl (C=O) groups excluding carboxylic acids is 2. The Labute approximate surface area is 150 Å². The Morgan fingerprint density at radius 1 is 1.12 bits per heavy atom. The van der Waals surface area contributed by atoms with Gasteiger partial charge < -0.3 is 15.0 Å². The second-order valence-corrected chi connectivity index (χ2v) is 8.99. The van der Waals surface area contributed by atoms with Crippen molar-refractivity contribution < 1.29 is 14.3 Å². The summed E-state index contributed by atoms with van der Waals surface area (Å²) in [5, 5.41) is 3.31. The molecule has 2 amide bonds. The molecule has 5 heteroatoms. The molecule has 25 heavy (non-hydrogen) atoms. The van der Waals surface area contributed by atoms with E-state index in [-0.39, 0.29) is 29.9 Å². The first kappa shape index (κ1) is 17.3. The molecule has 4 saturated carbocycles. The third-order valence-electron chi connectivity index (χ3n) is 6.94. The van der Waals surface area contributed by atoms with Crippen molar-refractivity contribution in [3.05, 3.63) is 0 Å². The smallest absolute Gasteiger partial charge is 0.232 e. The van der Waals surface area contributed by atoms with Crippen LogP contribution < -0.4 is 5.32 Å². The van der Waals surface area contributed by atoms with Gasteiger partial charge in [0.25, 0.3) is 0 Å². The summed E-state index contributed by atoms with van der Waals surface area (Å²) in [4.78, 5) is 27.0. The number of likely N-dealkylation sites (N-methyl/N-ethyl adjacent to an activating group) is 1. The van der Waals surface area contributed by atoms with Gasteiger partial charge in [-0.15, -0.1) is 0 Å². The molecular formula is C20H32N2O3. The lowest BCUT2D eigenvalue weighted by atomic mass is 9.53. The Hall–Kier alpha value is -1.10. The van der Waals surface area contributed by atoms with Gasteiger partial charge in [0.2, 0.25) is 11.8 Å². The summed E-state index contributed by atoms with van der Waals surface area (Å²) in [6.07, 6.45) is 9.70. The molecule has 0 aromatic rings. The van der Waals surface area contributed by atoms with Crippen molar-refractivity contribution in [3.8, 4) is 0 Å². The van der Waals surface area contributed by atoms with E-state index in [1.165, 1.54) is 19.3 Å². The fraction of sp³-hybridized carbons (Fsp3) is 0.900. The van der Waals surface area contributed by atoms with Crippen LogP contribution in [0.1, 0.15) is 64.7 Å². The molecule has 0 aromatic heterocycles. The number of nitrogens with one attached hydrogen (secondary N) is 1. The fourth-order valence-electron chi connectivity index (χ4n) is 6.29. The molecule has 5 aliphatic rings. The number of hydrogen-bond donors (Lipinski definition) is 1. The summed E-state index contributed by atoms with van der Waals surface area (Å²) in [5.74, 6) is 2.27. The van der Waals surface area contributed by atoms with E-state index in [2.05, 4.69) is 5.32 Å². The van der Waals surface area contributed by atoms with Gasteiger partial charge in [-0.05, 0) is 76.0 Å². The van der Waals surface area contributed by atoms with Crippen LogP contribution in [0.4, 0.5) is 0 Å². The maximum atomic E-state index is 12.6. The zero-order valence-corrected chi connectivity index (χ0v) is 15.5. The van der Waals surface area contributed by atoms with Crippen LogP contribution >= 0.6 is 0 Å². The molecule has 140 valence electrons. The van der Waals surface area contributed by atoms with Gasteiger partial charge in [-0.1, -0.05) is 0 Å². The van der Waals surface area contributed by atoms with Crippen molar-refractivity contribution in [3.63, 3.8) is 0 Å². The standard InChI is InChI=1S/C20H32N2O3/c1-2-22(13-17-4-3-5-25-17)19(24)9-18(23)21-20-10-14-6-15(11-20)8-16(7-14)12-20/h14-17H,2-13H2,1H3,(H,21,23)/t14?,15?,16?,17-,20?/m1/s1. The highest BCUT2D eigenvalue weighted by molar-refractivity contribution is 5.97. The first-order valence-electron chi connectivity index (χ1n) is 10.3. The number of amides is 2. The van der Waals surface area contributed by atoms with E-state index in [9.17, 15) is 9.59 Å². The number of rotatable bonds is 6. The van der Waals surface area contributed by atoms with Crippen LogP contribution in [-0.4, -0.2) is 48.1 Å². The Bertz CT molecular complexity index is 492. The van der Waals surface area contributed by atoms with E-state index in [0.29, 0.717) is 13.1 Å². The van der Waals surface area contributed by atoms with Gasteiger partial charge >= 0.3 is 0 Å².